The summed E-state index contributed by atoms with van der Waals surface area (Å²) in [7, 11) is 0. The van der Waals surface area contributed by atoms with Gasteiger partial charge in [-0.3, -0.25) is 5.10 Å². The molecule has 1 aromatic heterocycles. The van der Waals surface area contributed by atoms with Crippen LogP contribution in [-0.4, -0.2) is 34.6 Å². The van der Waals surface area contributed by atoms with Gasteiger partial charge in [-0.15, -0.1) is 5.10 Å². The zero-order valence-electron chi connectivity index (χ0n) is 8.65. The zero-order chi connectivity index (χ0) is 10.1. The molecule has 1 aliphatic carbocycles. The molecular weight excluding hydrogens is 192 g/mol. The summed E-state index contributed by atoms with van der Waals surface area (Å²) in [5, 5.41) is 13.7. The summed E-state index contributed by atoms with van der Waals surface area (Å²) < 4.78 is 5.83. The topological polar surface area (TPSA) is 62.8 Å². The number of aromatic amines is 1. The lowest BCUT2D eigenvalue weighted by Crippen LogP contribution is -2.16. The van der Waals surface area contributed by atoms with E-state index >= 15 is 0 Å². The molecule has 1 aromatic rings. The third-order valence-corrected chi connectivity index (χ3v) is 3.55. The molecule has 5 nitrogen and oxygen atoms in total. The van der Waals surface area contributed by atoms with Gasteiger partial charge in [0.25, 0.3) is 0 Å². The van der Waals surface area contributed by atoms with Crippen LogP contribution in [0.1, 0.15) is 18.5 Å². The van der Waals surface area contributed by atoms with Crippen molar-refractivity contribution in [3.63, 3.8) is 0 Å². The van der Waals surface area contributed by atoms with Crippen molar-refractivity contribution in [1.82, 2.24) is 20.7 Å². The Morgan fingerprint density at radius 3 is 2.80 bits per heavy atom. The van der Waals surface area contributed by atoms with Gasteiger partial charge in [0.1, 0.15) is 5.69 Å². The number of H-pyrrole nitrogens is 1. The SMILES string of the molecule is c1[nH]nnc1CO[C@H]1C[C@H]2CNC[C@H]2C1. The maximum Gasteiger partial charge on any atom is 0.108 e. The van der Waals surface area contributed by atoms with E-state index in [-0.39, 0.29) is 0 Å². The Labute approximate surface area is 88.6 Å². The summed E-state index contributed by atoms with van der Waals surface area (Å²) in [5.74, 6) is 1.68. The van der Waals surface area contributed by atoms with Crippen molar-refractivity contribution >= 4 is 0 Å². The van der Waals surface area contributed by atoms with E-state index in [9.17, 15) is 0 Å². The lowest BCUT2D eigenvalue weighted by Gasteiger charge is -2.11. The highest BCUT2D eigenvalue weighted by molar-refractivity contribution is 4.92. The molecule has 2 heterocycles. The number of aromatic nitrogens is 3. The van der Waals surface area contributed by atoms with Crippen molar-refractivity contribution < 1.29 is 4.74 Å². The first-order valence-corrected chi connectivity index (χ1v) is 5.59. The second kappa shape index (κ2) is 3.90. The van der Waals surface area contributed by atoms with Crippen LogP contribution >= 0.6 is 0 Å². The summed E-state index contributed by atoms with van der Waals surface area (Å²) in [6.45, 7) is 2.94. The van der Waals surface area contributed by atoms with Gasteiger partial charge in [-0.2, -0.15) is 0 Å². The summed E-state index contributed by atoms with van der Waals surface area (Å²) in [5.41, 5.74) is 0.894. The smallest absolute Gasteiger partial charge is 0.108 e. The first-order chi connectivity index (χ1) is 7.42. The Hall–Kier alpha value is -0.940. The van der Waals surface area contributed by atoms with E-state index in [1.807, 2.05) is 0 Å². The molecular formula is C10H16N4O. The molecule has 82 valence electrons. The fraction of sp³-hybridized carbons (Fsp3) is 0.800. The van der Waals surface area contributed by atoms with Gasteiger partial charge < -0.3 is 10.1 Å². The molecule has 1 saturated heterocycles. The quantitative estimate of drug-likeness (QED) is 0.751. The Bertz CT molecular complexity index is 301. The highest BCUT2D eigenvalue weighted by Crippen LogP contribution is 2.36. The number of rotatable bonds is 3. The summed E-state index contributed by atoms with van der Waals surface area (Å²) in [6.07, 6.45) is 4.63. The maximum absolute atomic E-state index is 5.83. The first kappa shape index (κ1) is 9.30. The molecule has 0 amide bonds. The maximum atomic E-state index is 5.83. The average molecular weight is 208 g/mol. The van der Waals surface area contributed by atoms with Crippen LogP contribution in [0.3, 0.4) is 0 Å². The van der Waals surface area contributed by atoms with Gasteiger partial charge in [-0.05, 0) is 37.8 Å². The fourth-order valence-corrected chi connectivity index (χ4v) is 2.75. The summed E-state index contributed by atoms with van der Waals surface area (Å²) in [4.78, 5) is 0. The lowest BCUT2D eigenvalue weighted by atomic mass is 10.0. The highest BCUT2D eigenvalue weighted by Gasteiger charge is 2.37. The Morgan fingerprint density at radius 2 is 2.13 bits per heavy atom. The van der Waals surface area contributed by atoms with Crippen LogP contribution in [0.15, 0.2) is 6.20 Å². The van der Waals surface area contributed by atoms with Crippen LogP contribution < -0.4 is 5.32 Å². The molecule has 0 aromatic carbocycles. The molecule has 2 fully saturated rings. The molecule has 3 rings (SSSR count). The van der Waals surface area contributed by atoms with E-state index in [0.717, 1.165) is 17.5 Å². The van der Waals surface area contributed by atoms with E-state index in [2.05, 4.69) is 20.7 Å². The molecule has 1 saturated carbocycles. The Balaban J connectivity index is 1.49. The minimum atomic E-state index is 0.429. The van der Waals surface area contributed by atoms with Crippen LogP contribution in [0, 0.1) is 11.8 Å². The monoisotopic (exact) mass is 208 g/mol. The van der Waals surface area contributed by atoms with E-state index in [0.29, 0.717) is 12.7 Å². The molecule has 2 N–H and O–H groups in total. The van der Waals surface area contributed by atoms with Gasteiger partial charge in [0.2, 0.25) is 0 Å². The summed E-state index contributed by atoms with van der Waals surface area (Å²) >= 11 is 0. The normalized spacial score (nSPS) is 34.5. The zero-order valence-corrected chi connectivity index (χ0v) is 8.65. The standard InChI is InChI=1S/C10H16N4O/c1-7-3-11-4-8(7)2-10(1)15-6-9-5-12-14-13-9/h5,7-8,10-11H,1-4,6H2,(H,12,13,14)/t7-,8+,10-. The van der Waals surface area contributed by atoms with Crippen molar-refractivity contribution in [2.75, 3.05) is 13.1 Å². The minimum absolute atomic E-state index is 0.429. The molecule has 5 heteroatoms. The van der Waals surface area contributed by atoms with Crippen molar-refractivity contribution in [3.8, 4) is 0 Å². The highest BCUT2D eigenvalue weighted by atomic mass is 16.5. The van der Waals surface area contributed by atoms with Crippen molar-refractivity contribution in [3.05, 3.63) is 11.9 Å². The van der Waals surface area contributed by atoms with Crippen LogP contribution in [0.2, 0.25) is 0 Å². The van der Waals surface area contributed by atoms with Gasteiger partial charge in [0.15, 0.2) is 0 Å². The number of fused-ring (bicyclic) bond motifs is 1. The van der Waals surface area contributed by atoms with Crippen molar-refractivity contribution in [2.24, 2.45) is 11.8 Å². The number of hydrogen-bond acceptors (Lipinski definition) is 4. The fourth-order valence-electron chi connectivity index (χ4n) is 2.75. The average Bonchev–Trinajstić information content (AvgIpc) is 2.91. The third kappa shape index (κ3) is 1.89. The molecule has 3 atom stereocenters. The van der Waals surface area contributed by atoms with Crippen LogP contribution in [0.5, 0.6) is 0 Å². The minimum Gasteiger partial charge on any atom is -0.372 e. The number of hydrogen-bond donors (Lipinski definition) is 2. The second-order valence-corrected chi connectivity index (χ2v) is 4.55. The molecule has 0 unspecified atom stereocenters. The van der Waals surface area contributed by atoms with Crippen molar-refractivity contribution in [2.45, 2.75) is 25.6 Å². The van der Waals surface area contributed by atoms with E-state index < -0.39 is 0 Å². The van der Waals surface area contributed by atoms with Crippen LogP contribution in [-0.2, 0) is 11.3 Å². The number of ether oxygens (including phenoxy) is 1. The molecule has 1 aliphatic heterocycles. The van der Waals surface area contributed by atoms with Gasteiger partial charge in [-0.1, -0.05) is 5.21 Å². The van der Waals surface area contributed by atoms with Gasteiger partial charge in [-0.25, -0.2) is 0 Å². The molecule has 0 spiro atoms. The van der Waals surface area contributed by atoms with E-state index in [1.165, 1.54) is 25.9 Å². The third-order valence-electron chi connectivity index (χ3n) is 3.55. The predicted molar refractivity (Wildman–Crippen MR) is 54.0 cm³/mol. The van der Waals surface area contributed by atoms with E-state index in [1.54, 1.807) is 6.20 Å². The molecule has 2 aliphatic rings. The van der Waals surface area contributed by atoms with Gasteiger partial charge in [0, 0.05) is 6.20 Å². The first-order valence-electron chi connectivity index (χ1n) is 5.59. The Morgan fingerprint density at radius 1 is 1.33 bits per heavy atom. The summed E-state index contributed by atoms with van der Waals surface area (Å²) in [6, 6.07) is 0. The van der Waals surface area contributed by atoms with E-state index in [4.69, 9.17) is 4.74 Å². The Kier molecular flexibility index (Phi) is 2.42. The van der Waals surface area contributed by atoms with Crippen molar-refractivity contribution in [1.29, 1.82) is 0 Å². The van der Waals surface area contributed by atoms with Crippen LogP contribution in [0.4, 0.5) is 0 Å². The lowest BCUT2D eigenvalue weighted by molar-refractivity contribution is 0.0385. The molecule has 0 bridgehead atoms. The van der Waals surface area contributed by atoms with Gasteiger partial charge in [0.05, 0.1) is 12.7 Å². The largest absolute Gasteiger partial charge is 0.372 e. The predicted octanol–water partition coefficient (Wildman–Crippen LogP) is 0.319. The molecule has 15 heavy (non-hydrogen) atoms. The number of nitrogens with one attached hydrogen (secondary N) is 2. The van der Waals surface area contributed by atoms with Gasteiger partial charge >= 0.3 is 0 Å². The van der Waals surface area contributed by atoms with Crippen LogP contribution in [0.25, 0.3) is 0 Å². The second-order valence-electron chi connectivity index (χ2n) is 4.55. The molecule has 0 radical (unpaired) electrons. The number of nitrogens with zero attached hydrogens (tertiary/aromatic N) is 2.